The second kappa shape index (κ2) is 17.6. The lowest BCUT2D eigenvalue weighted by Gasteiger charge is -2.17. The maximum absolute atomic E-state index is 12.4. The summed E-state index contributed by atoms with van der Waals surface area (Å²) >= 11 is 0. The predicted octanol–water partition coefficient (Wildman–Crippen LogP) is 6.32. The number of H-pyrrole nitrogens is 1. The summed E-state index contributed by atoms with van der Waals surface area (Å²) in [4.78, 5) is 57.2. The fourth-order valence-electron chi connectivity index (χ4n) is 6.26. The van der Waals surface area contributed by atoms with Crippen LogP contribution in [-0.2, 0) is 39.5 Å². The van der Waals surface area contributed by atoms with Crippen LogP contribution in [0, 0.1) is 0 Å². The molecule has 59 heavy (non-hydrogen) atoms. The SMILES string of the molecule is CCCCOC(=O)CC(=O)Nc1ccc(-c2nc3/c(=C\c4c(C(C)(C)C)nn5nc(-c6ccc(NC(=O)CC(=O)OCCCC)cc6)[nH]c45)c(C(C)(C)C)nn3n2)cc1. The van der Waals surface area contributed by atoms with Crippen LogP contribution in [0.2, 0.25) is 0 Å². The summed E-state index contributed by atoms with van der Waals surface area (Å²) in [5, 5.41) is 25.6. The lowest BCUT2D eigenvalue weighted by Crippen LogP contribution is -2.22. The molecule has 2 aromatic carbocycles. The number of aromatic nitrogens is 8. The van der Waals surface area contributed by atoms with E-state index in [1.54, 1.807) is 45.7 Å². The lowest BCUT2D eigenvalue weighted by molar-refractivity contribution is -0.147. The number of hydrogen-bond acceptors (Lipinski definition) is 11. The number of aromatic amines is 1. The maximum Gasteiger partial charge on any atom is 0.315 e. The molecule has 0 fully saturated rings. The molecule has 3 N–H and O–H groups in total. The fourth-order valence-corrected chi connectivity index (χ4v) is 6.26. The lowest BCUT2D eigenvalue weighted by atomic mass is 9.88. The molecule has 0 radical (unpaired) electrons. The van der Waals surface area contributed by atoms with Crippen molar-refractivity contribution >= 4 is 52.5 Å². The van der Waals surface area contributed by atoms with E-state index in [0.717, 1.165) is 53.4 Å². The molecule has 0 aliphatic rings. The molecule has 0 spiro atoms. The first-order valence-electron chi connectivity index (χ1n) is 19.9. The van der Waals surface area contributed by atoms with Crippen LogP contribution in [0.5, 0.6) is 0 Å². The fraction of sp³-hybridized carbons (Fsp3) is 0.419. The van der Waals surface area contributed by atoms with Crippen molar-refractivity contribution in [2.75, 3.05) is 23.8 Å². The first kappa shape index (κ1) is 42.2. The number of nitrogens with one attached hydrogen (secondary N) is 3. The van der Waals surface area contributed by atoms with Crippen molar-refractivity contribution in [3.63, 3.8) is 0 Å². The van der Waals surface area contributed by atoms with Crippen LogP contribution in [0.25, 0.3) is 40.1 Å². The van der Waals surface area contributed by atoms with E-state index in [1.807, 2.05) is 32.1 Å². The zero-order valence-electron chi connectivity index (χ0n) is 34.9. The average molecular weight is 805 g/mol. The van der Waals surface area contributed by atoms with E-state index in [4.69, 9.17) is 34.9 Å². The average Bonchev–Trinajstić information content (AvgIpc) is 3.93. The van der Waals surface area contributed by atoms with E-state index in [1.165, 1.54) is 0 Å². The van der Waals surface area contributed by atoms with Crippen molar-refractivity contribution < 1.29 is 28.7 Å². The van der Waals surface area contributed by atoms with Crippen molar-refractivity contribution in [2.24, 2.45) is 0 Å². The van der Waals surface area contributed by atoms with Gasteiger partial charge in [-0.3, -0.25) is 19.2 Å². The van der Waals surface area contributed by atoms with E-state index >= 15 is 0 Å². The van der Waals surface area contributed by atoms with Gasteiger partial charge in [0, 0.05) is 44.1 Å². The third-order valence-corrected chi connectivity index (χ3v) is 9.33. The molecule has 2 amide bonds. The van der Waals surface area contributed by atoms with Gasteiger partial charge >= 0.3 is 11.9 Å². The Morgan fingerprint density at radius 2 is 1.19 bits per heavy atom. The van der Waals surface area contributed by atoms with E-state index in [2.05, 4.69) is 57.2 Å². The number of carbonyl (C=O) groups is 4. The van der Waals surface area contributed by atoms with Crippen LogP contribution in [-0.4, -0.2) is 76.6 Å². The van der Waals surface area contributed by atoms with E-state index in [0.29, 0.717) is 53.1 Å². The predicted molar refractivity (Wildman–Crippen MR) is 223 cm³/mol. The number of unbranched alkanes of at least 4 members (excludes halogenated alkanes) is 2. The minimum absolute atomic E-state index is 0.300. The standard InChI is InChI=1S/C43H52N10O6/c1-9-11-21-58-34(56)24-32(54)44-28-17-13-26(14-18-28)38-46-40-30(36(42(3,4)5)48-52(40)50-38)23-31-37(43(6,7)8)49-53-41(31)47-39(51-53)27-15-19-29(20-16-27)45-33(55)25-35(57)59-22-12-10-2/h13-20,23H,9-12,21-22,24-25H2,1-8H3,(H,44,54)(H,45,55)(H,46,50)/b31-23-. The zero-order chi connectivity index (χ0) is 42.5. The van der Waals surface area contributed by atoms with Gasteiger partial charge in [-0.1, -0.05) is 68.2 Å². The first-order valence-corrected chi connectivity index (χ1v) is 19.9. The molecule has 0 atom stereocenters. The number of anilines is 2. The van der Waals surface area contributed by atoms with Crippen LogP contribution in [0.4, 0.5) is 11.4 Å². The van der Waals surface area contributed by atoms with Gasteiger partial charge in [0.15, 0.2) is 22.9 Å². The molecule has 0 saturated heterocycles. The van der Waals surface area contributed by atoms with Crippen molar-refractivity contribution in [3.05, 3.63) is 70.7 Å². The number of hydrogen-bond donors (Lipinski definition) is 3. The Bertz CT molecular complexity index is 2520. The Balaban J connectivity index is 1.28. The molecular weight excluding hydrogens is 753 g/mol. The third-order valence-electron chi connectivity index (χ3n) is 9.33. The summed E-state index contributed by atoms with van der Waals surface area (Å²) in [6, 6.07) is 14.2. The van der Waals surface area contributed by atoms with E-state index in [9.17, 15) is 19.2 Å². The summed E-state index contributed by atoms with van der Waals surface area (Å²) in [5.41, 5.74) is 5.51. The zero-order valence-corrected chi connectivity index (χ0v) is 34.9. The normalized spacial score (nSPS) is 12.3. The number of nitrogens with zero attached hydrogens (tertiary/aromatic N) is 7. The summed E-state index contributed by atoms with van der Waals surface area (Å²) in [6.07, 6.45) is 4.62. The highest BCUT2D eigenvalue weighted by atomic mass is 16.5. The smallest absolute Gasteiger partial charge is 0.315 e. The molecule has 4 aromatic heterocycles. The molecular formula is C43H52N10O6. The maximum atomic E-state index is 12.4. The van der Waals surface area contributed by atoms with Crippen molar-refractivity contribution in [3.8, 4) is 22.8 Å². The number of rotatable bonds is 15. The van der Waals surface area contributed by atoms with Crippen molar-refractivity contribution in [2.45, 2.75) is 105 Å². The quantitative estimate of drug-likeness (QED) is 0.0597. The highest BCUT2D eigenvalue weighted by molar-refractivity contribution is 6.02. The number of benzene rings is 2. The summed E-state index contributed by atoms with van der Waals surface area (Å²) in [5.74, 6) is -1.00. The summed E-state index contributed by atoms with van der Waals surface area (Å²) in [6.45, 7) is 17.1. The minimum atomic E-state index is -0.558. The molecule has 0 saturated carbocycles. The topological polar surface area (TPSA) is 200 Å². The molecule has 0 bridgehead atoms. The van der Waals surface area contributed by atoms with E-state index in [-0.39, 0.29) is 23.7 Å². The Kier molecular flexibility index (Phi) is 12.6. The van der Waals surface area contributed by atoms with Crippen molar-refractivity contribution in [1.82, 2.24) is 39.6 Å². The molecule has 6 aromatic rings. The molecule has 0 aliphatic carbocycles. The van der Waals surface area contributed by atoms with Gasteiger partial charge in [0.1, 0.15) is 12.8 Å². The number of ether oxygens (including phenoxy) is 2. The summed E-state index contributed by atoms with van der Waals surface area (Å²) < 4.78 is 13.3. The van der Waals surface area contributed by atoms with Gasteiger partial charge in [-0.15, -0.1) is 19.5 Å². The van der Waals surface area contributed by atoms with Crippen LogP contribution >= 0.6 is 0 Å². The van der Waals surface area contributed by atoms with Gasteiger partial charge in [0.2, 0.25) is 11.8 Å². The van der Waals surface area contributed by atoms with Gasteiger partial charge in [-0.25, -0.2) is 4.98 Å². The molecule has 6 rings (SSSR count). The Morgan fingerprint density at radius 1 is 0.678 bits per heavy atom. The molecule has 16 heteroatoms. The second-order valence-electron chi connectivity index (χ2n) is 16.5. The van der Waals surface area contributed by atoms with Crippen molar-refractivity contribution in [1.29, 1.82) is 0 Å². The highest BCUT2D eigenvalue weighted by Crippen LogP contribution is 2.30. The monoisotopic (exact) mass is 804 g/mol. The Morgan fingerprint density at radius 3 is 1.69 bits per heavy atom. The highest BCUT2D eigenvalue weighted by Gasteiger charge is 2.28. The van der Waals surface area contributed by atoms with Gasteiger partial charge in [-0.2, -0.15) is 10.2 Å². The van der Waals surface area contributed by atoms with Crippen LogP contribution in [0.15, 0.2) is 48.5 Å². The molecule has 4 heterocycles. The molecule has 16 nitrogen and oxygen atoms in total. The molecule has 0 unspecified atom stereocenters. The summed E-state index contributed by atoms with van der Waals surface area (Å²) in [7, 11) is 0. The van der Waals surface area contributed by atoms with Crippen LogP contribution < -0.4 is 15.9 Å². The van der Waals surface area contributed by atoms with Gasteiger partial charge in [-0.05, 0) is 67.4 Å². The Hall–Kier alpha value is -6.45. The number of carbonyl (C=O) groups excluding carboxylic acids is 4. The molecule has 0 aliphatic heterocycles. The number of amides is 2. The number of fused-ring (bicyclic) bond motifs is 2. The minimum Gasteiger partial charge on any atom is -0.465 e. The van der Waals surface area contributed by atoms with Crippen LogP contribution in [0.1, 0.15) is 111 Å². The first-order chi connectivity index (χ1) is 28.0. The largest absolute Gasteiger partial charge is 0.465 e. The van der Waals surface area contributed by atoms with Gasteiger partial charge in [0.25, 0.3) is 0 Å². The third kappa shape index (κ3) is 10.2. The number of esters is 2. The van der Waals surface area contributed by atoms with Crippen LogP contribution in [0.3, 0.4) is 0 Å². The molecule has 310 valence electrons. The second-order valence-corrected chi connectivity index (χ2v) is 16.5. The van der Waals surface area contributed by atoms with Gasteiger partial charge in [0.05, 0.1) is 24.6 Å². The Labute approximate surface area is 342 Å². The van der Waals surface area contributed by atoms with E-state index < -0.39 is 23.8 Å². The van der Waals surface area contributed by atoms with Gasteiger partial charge < -0.3 is 25.1 Å².